The molecule has 182 valence electrons. The van der Waals surface area contributed by atoms with Crippen LogP contribution in [0.15, 0.2) is 11.6 Å². The molecular weight excluding hydrogens is 392 g/mol. The molecule has 0 heterocycles. The predicted octanol–water partition coefficient (Wildman–Crippen LogP) is 8.21. The molecule has 2 nitrogen and oxygen atoms in total. The van der Waals surface area contributed by atoms with Gasteiger partial charge in [-0.05, 0) is 97.2 Å². The lowest BCUT2D eigenvalue weighted by molar-refractivity contribution is -0.148. The summed E-state index contributed by atoms with van der Waals surface area (Å²) in [4.78, 5) is 11.5. The smallest absolute Gasteiger partial charge is 0.302 e. The van der Waals surface area contributed by atoms with E-state index in [1.807, 2.05) is 0 Å². The zero-order valence-corrected chi connectivity index (χ0v) is 22.1. The minimum atomic E-state index is -0.116. The summed E-state index contributed by atoms with van der Waals surface area (Å²) >= 11 is 0. The first-order chi connectivity index (χ1) is 15.1. The van der Waals surface area contributed by atoms with E-state index in [1.54, 1.807) is 12.5 Å². The minimum Gasteiger partial charge on any atom is -0.462 e. The molecule has 0 radical (unpaired) electrons. The molecule has 4 aliphatic rings. The van der Waals surface area contributed by atoms with Crippen LogP contribution < -0.4 is 0 Å². The highest BCUT2D eigenvalue weighted by Crippen LogP contribution is 2.67. The van der Waals surface area contributed by atoms with Crippen LogP contribution in [0.25, 0.3) is 0 Å². The molecule has 0 aromatic rings. The number of hydrogen-bond acceptors (Lipinski definition) is 2. The molecule has 4 rings (SSSR count). The largest absolute Gasteiger partial charge is 0.462 e. The summed E-state index contributed by atoms with van der Waals surface area (Å²) in [6, 6.07) is 0. The van der Waals surface area contributed by atoms with E-state index in [0.717, 1.165) is 54.3 Å². The predicted molar refractivity (Wildman–Crippen MR) is 133 cm³/mol. The lowest BCUT2D eigenvalue weighted by Crippen LogP contribution is -2.51. The molecule has 3 saturated carbocycles. The molecule has 32 heavy (non-hydrogen) atoms. The van der Waals surface area contributed by atoms with Gasteiger partial charge in [0.05, 0.1) is 0 Å². The zero-order chi connectivity index (χ0) is 23.3. The maximum absolute atomic E-state index is 11.5. The molecule has 0 aromatic heterocycles. The molecule has 0 aromatic carbocycles. The van der Waals surface area contributed by atoms with Crippen LogP contribution in [0.2, 0.25) is 0 Å². The van der Waals surface area contributed by atoms with Gasteiger partial charge in [-0.15, -0.1) is 0 Å². The zero-order valence-electron chi connectivity index (χ0n) is 22.1. The van der Waals surface area contributed by atoms with Gasteiger partial charge in [-0.2, -0.15) is 0 Å². The van der Waals surface area contributed by atoms with Crippen LogP contribution in [0.3, 0.4) is 0 Å². The van der Waals surface area contributed by atoms with Crippen molar-refractivity contribution in [1.29, 1.82) is 0 Å². The molecule has 0 N–H and O–H groups in total. The van der Waals surface area contributed by atoms with Crippen LogP contribution in [0.4, 0.5) is 0 Å². The van der Waals surface area contributed by atoms with Gasteiger partial charge in [0.25, 0.3) is 0 Å². The second-order valence-electron chi connectivity index (χ2n) is 13.2. The van der Waals surface area contributed by atoms with Crippen molar-refractivity contribution < 1.29 is 9.53 Å². The van der Waals surface area contributed by atoms with Crippen LogP contribution in [-0.2, 0) is 9.53 Å². The van der Waals surface area contributed by atoms with Crippen LogP contribution >= 0.6 is 0 Å². The highest BCUT2D eigenvalue weighted by atomic mass is 16.5. The molecule has 0 aliphatic heterocycles. The van der Waals surface area contributed by atoms with Crippen LogP contribution in [0.5, 0.6) is 0 Å². The number of ether oxygens (including phenoxy) is 1. The quantitative estimate of drug-likeness (QED) is 0.306. The maximum atomic E-state index is 11.5. The fourth-order valence-corrected chi connectivity index (χ4v) is 9.00. The van der Waals surface area contributed by atoms with Crippen molar-refractivity contribution in [2.75, 3.05) is 0 Å². The van der Waals surface area contributed by atoms with Gasteiger partial charge in [-0.3, -0.25) is 4.79 Å². The molecule has 0 saturated heterocycles. The van der Waals surface area contributed by atoms with Gasteiger partial charge in [0.15, 0.2) is 0 Å². The Morgan fingerprint density at radius 3 is 2.47 bits per heavy atom. The molecule has 0 bridgehead atoms. The Morgan fingerprint density at radius 1 is 1.03 bits per heavy atom. The lowest BCUT2D eigenvalue weighted by Gasteiger charge is -2.58. The fourth-order valence-electron chi connectivity index (χ4n) is 9.00. The van der Waals surface area contributed by atoms with Crippen molar-refractivity contribution in [3.05, 3.63) is 11.6 Å². The van der Waals surface area contributed by atoms with Gasteiger partial charge in [-0.25, -0.2) is 0 Å². The number of carbonyl (C=O) groups excluding carboxylic acids is 1. The molecule has 0 spiro atoms. The van der Waals surface area contributed by atoms with Crippen molar-refractivity contribution in [3.8, 4) is 0 Å². The van der Waals surface area contributed by atoms with Gasteiger partial charge in [0, 0.05) is 13.3 Å². The van der Waals surface area contributed by atoms with Crippen molar-refractivity contribution in [1.82, 2.24) is 0 Å². The molecule has 9 atom stereocenters. The van der Waals surface area contributed by atoms with E-state index in [4.69, 9.17) is 4.74 Å². The summed E-state index contributed by atoms with van der Waals surface area (Å²) in [6.07, 6.45) is 15.8. The van der Waals surface area contributed by atoms with Crippen LogP contribution in [-0.4, -0.2) is 12.1 Å². The Hall–Kier alpha value is -0.790. The Labute approximate surface area is 198 Å². The van der Waals surface area contributed by atoms with Gasteiger partial charge in [0.1, 0.15) is 6.10 Å². The summed E-state index contributed by atoms with van der Waals surface area (Å²) in [5, 5.41) is 0. The maximum Gasteiger partial charge on any atom is 0.302 e. The highest BCUT2D eigenvalue weighted by molar-refractivity contribution is 5.66. The standard InChI is InChI=1S/C30H50O2/c1-19(2)20(3)8-9-21(4)26-12-13-27-25-11-10-23-18-24(32-22(5)31)14-16-29(23,6)28(25)15-17-30(26,27)7/h10,19-21,24-28H,8-9,11-18H2,1-7H3/t20-,21+,24-,25+,26+,27+,28+,29-,30+/m0/s1. The number of esters is 1. The van der Waals surface area contributed by atoms with E-state index in [9.17, 15) is 4.79 Å². The van der Waals surface area contributed by atoms with E-state index in [-0.39, 0.29) is 12.1 Å². The Bertz CT molecular complexity index is 722. The Morgan fingerprint density at radius 2 is 1.78 bits per heavy atom. The van der Waals surface area contributed by atoms with Crippen molar-refractivity contribution in [3.63, 3.8) is 0 Å². The van der Waals surface area contributed by atoms with E-state index in [2.05, 4.69) is 47.6 Å². The summed E-state index contributed by atoms with van der Waals surface area (Å²) in [5.74, 6) is 5.96. The average Bonchev–Trinajstić information content (AvgIpc) is 3.08. The fraction of sp³-hybridized carbons (Fsp3) is 0.900. The monoisotopic (exact) mass is 442 g/mol. The third-order valence-corrected chi connectivity index (χ3v) is 11.4. The molecule has 2 heteroatoms. The first-order valence-corrected chi connectivity index (χ1v) is 13.9. The van der Waals surface area contributed by atoms with Crippen LogP contribution in [0, 0.1) is 52.3 Å². The summed E-state index contributed by atoms with van der Waals surface area (Å²) in [5.41, 5.74) is 2.51. The number of fused-ring (bicyclic) bond motifs is 5. The van der Waals surface area contributed by atoms with Gasteiger partial charge in [-0.1, -0.05) is 66.0 Å². The lowest BCUT2D eigenvalue weighted by atomic mass is 9.47. The average molecular weight is 443 g/mol. The first kappa shape index (κ1) is 24.3. The number of carbonyl (C=O) groups is 1. The summed E-state index contributed by atoms with van der Waals surface area (Å²) in [6.45, 7) is 16.6. The SMILES string of the molecule is CC(=O)O[C@H]1CC[C@@]2(C)C(=CC[C@@H]3[C@H]4CC[C@H]([C@H](C)CC[C@H](C)C(C)C)[C@@]4(C)CC[C@H]32)C1. The van der Waals surface area contributed by atoms with Gasteiger partial charge < -0.3 is 4.74 Å². The minimum absolute atomic E-state index is 0.113. The second kappa shape index (κ2) is 9.10. The van der Waals surface area contributed by atoms with E-state index in [0.29, 0.717) is 10.8 Å². The third kappa shape index (κ3) is 4.22. The topological polar surface area (TPSA) is 26.3 Å². The summed E-state index contributed by atoms with van der Waals surface area (Å²) in [7, 11) is 0. The second-order valence-corrected chi connectivity index (χ2v) is 13.2. The normalized spacial score (nSPS) is 43.0. The molecule has 0 amide bonds. The van der Waals surface area contributed by atoms with Crippen molar-refractivity contribution >= 4 is 5.97 Å². The van der Waals surface area contributed by atoms with Crippen molar-refractivity contribution in [2.45, 2.75) is 119 Å². The molecule has 0 unspecified atom stereocenters. The van der Waals surface area contributed by atoms with Crippen molar-refractivity contribution in [2.24, 2.45) is 52.3 Å². The Balaban J connectivity index is 1.46. The van der Waals surface area contributed by atoms with Gasteiger partial charge >= 0.3 is 5.97 Å². The van der Waals surface area contributed by atoms with E-state index < -0.39 is 0 Å². The van der Waals surface area contributed by atoms with E-state index >= 15 is 0 Å². The number of hydrogen-bond donors (Lipinski definition) is 0. The number of rotatable bonds is 6. The summed E-state index contributed by atoms with van der Waals surface area (Å²) < 4.78 is 5.62. The van der Waals surface area contributed by atoms with Crippen LogP contribution in [0.1, 0.15) is 113 Å². The molecule has 3 fully saturated rings. The van der Waals surface area contributed by atoms with Gasteiger partial charge in [0.2, 0.25) is 0 Å². The highest BCUT2D eigenvalue weighted by Gasteiger charge is 2.59. The molecule has 4 aliphatic carbocycles. The molecular formula is C30H50O2. The Kier molecular flexibility index (Phi) is 6.92. The first-order valence-electron chi connectivity index (χ1n) is 13.9. The number of allylic oxidation sites excluding steroid dienone is 1. The third-order valence-electron chi connectivity index (χ3n) is 11.4. The van der Waals surface area contributed by atoms with E-state index in [1.165, 1.54) is 51.4 Å².